The fraction of sp³-hybridized carbons (Fsp3) is 0.143. The van der Waals surface area contributed by atoms with E-state index in [4.69, 9.17) is 18.0 Å². The summed E-state index contributed by atoms with van der Waals surface area (Å²) in [5.74, 6) is -0.259. The van der Waals surface area contributed by atoms with E-state index in [9.17, 15) is 4.39 Å². The van der Waals surface area contributed by atoms with Crippen LogP contribution in [0.2, 0.25) is 0 Å². The molecule has 0 unspecified atom stereocenters. The van der Waals surface area contributed by atoms with Gasteiger partial charge in [0.05, 0.1) is 5.69 Å². The summed E-state index contributed by atoms with van der Waals surface area (Å²) in [6, 6.07) is 10.3. The Hall–Kier alpha value is -2.01. The Kier molecular flexibility index (Phi) is 4.06. The lowest BCUT2D eigenvalue weighted by Crippen LogP contribution is -2.22. The molecule has 0 amide bonds. The molecule has 98 valence electrons. The smallest absolute Gasteiger partial charge is 0.146 e. The summed E-state index contributed by atoms with van der Waals surface area (Å²) in [5, 5.41) is 0. The van der Waals surface area contributed by atoms with Gasteiger partial charge in [0, 0.05) is 25.4 Å². The summed E-state index contributed by atoms with van der Waals surface area (Å²) < 4.78 is 13.7. The average Bonchev–Trinajstić information content (AvgIpc) is 2.39. The third-order valence-corrected chi connectivity index (χ3v) is 2.99. The molecule has 3 nitrogen and oxygen atoms in total. The third kappa shape index (κ3) is 3.06. The van der Waals surface area contributed by atoms with Crippen molar-refractivity contribution in [3.63, 3.8) is 0 Å². The monoisotopic (exact) mass is 275 g/mol. The summed E-state index contributed by atoms with van der Waals surface area (Å²) in [6.07, 6.45) is 1.64. The van der Waals surface area contributed by atoms with Gasteiger partial charge in [-0.1, -0.05) is 30.4 Å². The van der Waals surface area contributed by atoms with Gasteiger partial charge in [0.1, 0.15) is 16.5 Å². The minimum Gasteiger partial charge on any atom is -0.388 e. The quantitative estimate of drug-likeness (QED) is 0.871. The number of hydrogen-bond donors (Lipinski definition) is 1. The van der Waals surface area contributed by atoms with Crippen LogP contribution in [0, 0.1) is 5.82 Å². The second-order valence-corrected chi connectivity index (χ2v) is 4.62. The van der Waals surface area contributed by atoms with Gasteiger partial charge in [-0.25, -0.2) is 4.39 Å². The van der Waals surface area contributed by atoms with E-state index in [1.54, 1.807) is 29.3 Å². The number of para-hydroxylation sites is 1. The lowest BCUT2D eigenvalue weighted by atomic mass is 10.1. The lowest BCUT2D eigenvalue weighted by Gasteiger charge is -2.21. The molecule has 5 heteroatoms. The first-order valence-corrected chi connectivity index (χ1v) is 6.20. The van der Waals surface area contributed by atoms with Crippen molar-refractivity contribution >= 4 is 22.9 Å². The van der Waals surface area contributed by atoms with E-state index >= 15 is 0 Å². The van der Waals surface area contributed by atoms with Gasteiger partial charge in [-0.3, -0.25) is 4.98 Å². The van der Waals surface area contributed by atoms with Gasteiger partial charge >= 0.3 is 0 Å². The molecular formula is C14H14FN3S. The van der Waals surface area contributed by atoms with Crippen molar-refractivity contribution < 1.29 is 4.39 Å². The van der Waals surface area contributed by atoms with Gasteiger partial charge in [-0.2, -0.15) is 0 Å². The van der Waals surface area contributed by atoms with Gasteiger partial charge in [0.2, 0.25) is 0 Å². The van der Waals surface area contributed by atoms with Crippen molar-refractivity contribution in [3.05, 3.63) is 59.7 Å². The first-order valence-electron chi connectivity index (χ1n) is 5.79. The first kappa shape index (κ1) is 13.4. The Morgan fingerprint density at radius 2 is 2.05 bits per heavy atom. The predicted molar refractivity (Wildman–Crippen MR) is 78.6 cm³/mol. The number of nitrogens with two attached hydrogens (primary N) is 1. The van der Waals surface area contributed by atoms with Crippen molar-refractivity contribution in [3.8, 4) is 0 Å². The van der Waals surface area contributed by atoms with E-state index in [0.29, 0.717) is 17.9 Å². The standard InChI is InChI=1S/C14H14FN3S/c1-18(12-7-3-2-6-11(12)15)9-10-5-4-8-17-13(10)14(16)19/h2-8H,9H2,1H3,(H2,16,19). The average molecular weight is 275 g/mol. The molecule has 2 N–H and O–H groups in total. The van der Waals surface area contributed by atoms with Gasteiger partial charge in [0.25, 0.3) is 0 Å². The highest BCUT2D eigenvalue weighted by atomic mass is 32.1. The molecule has 2 aromatic rings. The van der Waals surface area contributed by atoms with E-state index < -0.39 is 0 Å². The largest absolute Gasteiger partial charge is 0.388 e. The van der Waals surface area contributed by atoms with Crippen LogP contribution in [-0.4, -0.2) is 17.0 Å². The van der Waals surface area contributed by atoms with Crippen LogP contribution in [-0.2, 0) is 6.54 Å². The fourth-order valence-corrected chi connectivity index (χ4v) is 2.07. The second-order valence-electron chi connectivity index (χ2n) is 4.18. The van der Waals surface area contributed by atoms with Crippen molar-refractivity contribution in [2.75, 3.05) is 11.9 Å². The minimum absolute atomic E-state index is 0.248. The molecule has 0 saturated heterocycles. The van der Waals surface area contributed by atoms with E-state index in [1.165, 1.54) is 6.07 Å². The SMILES string of the molecule is CN(Cc1cccnc1C(N)=S)c1ccccc1F. The molecule has 0 saturated carbocycles. The predicted octanol–water partition coefficient (Wildman–Crippen LogP) is 2.49. The Balaban J connectivity index is 2.27. The van der Waals surface area contributed by atoms with Crippen LogP contribution in [0.15, 0.2) is 42.6 Å². The van der Waals surface area contributed by atoms with E-state index in [1.807, 2.05) is 19.2 Å². The van der Waals surface area contributed by atoms with Gasteiger partial charge < -0.3 is 10.6 Å². The number of thiocarbonyl (C=S) groups is 1. The number of aromatic nitrogens is 1. The van der Waals surface area contributed by atoms with Crippen molar-refractivity contribution in [2.24, 2.45) is 5.73 Å². The molecule has 0 radical (unpaired) electrons. The molecular weight excluding hydrogens is 261 g/mol. The van der Waals surface area contributed by atoms with Crippen LogP contribution < -0.4 is 10.6 Å². The number of benzene rings is 1. The summed E-state index contributed by atoms with van der Waals surface area (Å²) >= 11 is 4.97. The van der Waals surface area contributed by atoms with Crippen LogP contribution in [0.4, 0.5) is 10.1 Å². The number of pyridine rings is 1. The second kappa shape index (κ2) is 5.75. The molecule has 0 aliphatic heterocycles. The number of anilines is 1. The van der Waals surface area contributed by atoms with Crippen LogP contribution in [0.25, 0.3) is 0 Å². The molecule has 0 aliphatic rings. The molecule has 0 spiro atoms. The van der Waals surface area contributed by atoms with Crippen LogP contribution in [0.5, 0.6) is 0 Å². The topological polar surface area (TPSA) is 42.2 Å². The Labute approximate surface area is 116 Å². The molecule has 0 atom stereocenters. The molecule has 2 rings (SSSR count). The highest BCUT2D eigenvalue weighted by molar-refractivity contribution is 7.80. The molecule has 1 heterocycles. The van der Waals surface area contributed by atoms with Crippen LogP contribution >= 0.6 is 12.2 Å². The highest BCUT2D eigenvalue weighted by Crippen LogP contribution is 2.20. The summed E-state index contributed by atoms with van der Waals surface area (Å²) in [7, 11) is 1.81. The van der Waals surface area contributed by atoms with Gasteiger partial charge in [-0.05, 0) is 18.2 Å². The first-order chi connectivity index (χ1) is 9.09. The normalized spacial score (nSPS) is 10.2. The van der Waals surface area contributed by atoms with Crippen LogP contribution in [0.3, 0.4) is 0 Å². The molecule has 19 heavy (non-hydrogen) atoms. The molecule has 0 fully saturated rings. The van der Waals surface area contributed by atoms with Crippen molar-refractivity contribution in [2.45, 2.75) is 6.54 Å². The number of halogens is 1. The summed E-state index contributed by atoms with van der Waals surface area (Å²) in [6.45, 7) is 0.488. The Bertz CT molecular complexity index is 601. The Morgan fingerprint density at radius 3 is 2.74 bits per heavy atom. The highest BCUT2D eigenvalue weighted by Gasteiger charge is 2.11. The molecule has 1 aromatic heterocycles. The van der Waals surface area contributed by atoms with Gasteiger partial charge in [0.15, 0.2) is 0 Å². The van der Waals surface area contributed by atoms with Crippen LogP contribution in [0.1, 0.15) is 11.3 Å². The summed E-state index contributed by atoms with van der Waals surface area (Å²) in [4.78, 5) is 6.21. The molecule has 0 bridgehead atoms. The maximum Gasteiger partial charge on any atom is 0.146 e. The maximum absolute atomic E-state index is 13.7. The van der Waals surface area contributed by atoms with E-state index in [0.717, 1.165) is 5.56 Å². The number of hydrogen-bond acceptors (Lipinski definition) is 3. The zero-order valence-electron chi connectivity index (χ0n) is 10.5. The van der Waals surface area contributed by atoms with Crippen molar-refractivity contribution in [1.82, 2.24) is 4.98 Å². The van der Waals surface area contributed by atoms with Gasteiger partial charge in [-0.15, -0.1) is 0 Å². The zero-order valence-corrected chi connectivity index (χ0v) is 11.3. The number of rotatable bonds is 4. The lowest BCUT2D eigenvalue weighted by molar-refractivity contribution is 0.622. The summed E-state index contributed by atoms with van der Waals surface area (Å²) in [5.41, 5.74) is 7.62. The molecule has 0 aliphatic carbocycles. The molecule has 1 aromatic carbocycles. The van der Waals surface area contributed by atoms with Crippen molar-refractivity contribution in [1.29, 1.82) is 0 Å². The number of nitrogens with zero attached hydrogens (tertiary/aromatic N) is 2. The minimum atomic E-state index is -0.259. The Morgan fingerprint density at radius 1 is 1.32 bits per heavy atom. The third-order valence-electron chi connectivity index (χ3n) is 2.80. The maximum atomic E-state index is 13.7. The van der Waals surface area contributed by atoms with E-state index in [-0.39, 0.29) is 10.8 Å². The zero-order chi connectivity index (χ0) is 13.8. The van der Waals surface area contributed by atoms with E-state index in [2.05, 4.69) is 4.98 Å². The fourth-order valence-electron chi connectivity index (χ4n) is 1.89.